The summed E-state index contributed by atoms with van der Waals surface area (Å²) in [7, 11) is 0. The van der Waals surface area contributed by atoms with Gasteiger partial charge in [0.15, 0.2) is 0 Å². The fourth-order valence-corrected chi connectivity index (χ4v) is 3.99. The Labute approximate surface area is 129 Å². The van der Waals surface area contributed by atoms with Crippen LogP contribution < -0.4 is 5.32 Å². The molecule has 0 radical (unpaired) electrons. The summed E-state index contributed by atoms with van der Waals surface area (Å²) in [6, 6.07) is 0. The minimum atomic E-state index is 0.610. The number of nitrogens with one attached hydrogen (secondary N) is 1. The second-order valence-corrected chi connectivity index (χ2v) is 7.09. The average molecular weight is 287 g/mol. The van der Waals surface area contributed by atoms with Crippen LogP contribution in [0.5, 0.6) is 0 Å². The molecule has 3 heteroatoms. The predicted molar refractivity (Wildman–Crippen MR) is 86.5 cm³/mol. The lowest BCUT2D eigenvalue weighted by atomic mass is 9.81. The van der Waals surface area contributed by atoms with Crippen LogP contribution in [0.25, 0.3) is 0 Å². The summed E-state index contributed by atoms with van der Waals surface area (Å²) in [4.78, 5) is 9.69. The second-order valence-electron chi connectivity index (χ2n) is 7.09. The second kappa shape index (κ2) is 6.87. The van der Waals surface area contributed by atoms with Crippen LogP contribution in [-0.2, 0) is 12.8 Å². The van der Waals surface area contributed by atoms with Crippen LogP contribution in [0, 0.1) is 11.8 Å². The first kappa shape index (κ1) is 15.0. The highest BCUT2D eigenvalue weighted by atomic mass is 14.9. The largest absolute Gasteiger partial charge is 0.317 e. The maximum Gasteiger partial charge on any atom is 0.131 e. The molecule has 0 amide bonds. The average Bonchev–Trinajstić information content (AvgIpc) is 2.52. The van der Waals surface area contributed by atoms with E-state index >= 15 is 0 Å². The molecule has 0 spiro atoms. The van der Waals surface area contributed by atoms with E-state index in [-0.39, 0.29) is 0 Å². The lowest BCUT2D eigenvalue weighted by Gasteiger charge is -2.28. The molecular weight excluding hydrogens is 258 g/mol. The molecule has 1 heterocycles. The molecule has 3 nitrogen and oxygen atoms in total. The van der Waals surface area contributed by atoms with Crippen molar-refractivity contribution in [3.8, 4) is 0 Å². The van der Waals surface area contributed by atoms with Crippen LogP contribution in [0.4, 0.5) is 0 Å². The molecule has 3 unspecified atom stereocenters. The van der Waals surface area contributed by atoms with Crippen molar-refractivity contribution in [1.29, 1.82) is 0 Å². The van der Waals surface area contributed by atoms with Crippen LogP contribution >= 0.6 is 0 Å². The highest BCUT2D eigenvalue weighted by molar-refractivity contribution is 5.22. The third-order valence-corrected chi connectivity index (χ3v) is 5.26. The molecule has 3 atom stereocenters. The Morgan fingerprint density at radius 1 is 1.29 bits per heavy atom. The van der Waals surface area contributed by atoms with Gasteiger partial charge in [-0.1, -0.05) is 26.7 Å². The Morgan fingerprint density at radius 2 is 2.19 bits per heavy atom. The molecule has 0 bridgehead atoms. The van der Waals surface area contributed by atoms with Crippen molar-refractivity contribution in [2.75, 3.05) is 13.1 Å². The molecule has 1 fully saturated rings. The van der Waals surface area contributed by atoms with Gasteiger partial charge in [-0.2, -0.15) is 0 Å². The van der Waals surface area contributed by atoms with E-state index in [0.717, 1.165) is 43.6 Å². The number of aryl methyl sites for hydroxylation is 1. The van der Waals surface area contributed by atoms with Crippen molar-refractivity contribution < 1.29 is 0 Å². The van der Waals surface area contributed by atoms with Crippen molar-refractivity contribution in [2.45, 2.75) is 64.7 Å². The number of rotatable bonds is 4. The topological polar surface area (TPSA) is 37.8 Å². The first-order valence-electron chi connectivity index (χ1n) is 8.81. The molecule has 1 N–H and O–H groups in total. The number of hydrogen-bond donors (Lipinski definition) is 1. The van der Waals surface area contributed by atoms with E-state index in [1.807, 2.05) is 0 Å². The molecule has 21 heavy (non-hydrogen) atoms. The number of fused-ring (bicyclic) bond motifs is 1. The quantitative estimate of drug-likeness (QED) is 0.921. The minimum Gasteiger partial charge on any atom is -0.317 e. The van der Waals surface area contributed by atoms with Crippen molar-refractivity contribution in [2.24, 2.45) is 11.8 Å². The summed E-state index contributed by atoms with van der Waals surface area (Å²) in [5.74, 6) is 3.35. The van der Waals surface area contributed by atoms with Gasteiger partial charge in [0.25, 0.3) is 0 Å². The maximum atomic E-state index is 4.95. The summed E-state index contributed by atoms with van der Waals surface area (Å²) < 4.78 is 0. The van der Waals surface area contributed by atoms with E-state index in [4.69, 9.17) is 9.97 Å². The molecular formula is C18H29N3. The van der Waals surface area contributed by atoms with Crippen molar-refractivity contribution in [3.63, 3.8) is 0 Å². The Hall–Kier alpha value is -0.960. The van der Waals surface area contributed by atoms with Crippen LogP contribution in [-0.4, -0.2) is 23.1 Å². The predicted octanol–water partition coefficient (Wildman–Crippen LogP) is 3.48. The monoisotopic (exact) mass is 287 g/mol. The highest BCUT2D eigenvalue weighted by Crippen LogP contribution is 2.35. The first-order chi connectivity index (χ1) is 10.3. The van der Waals surface area contributed by atoms with Gasteiger partial charge in [-0.3, -0.25) is 0 Å². The SMILES string of the molecule is CCNCC1CCc2nc(C3CCCC(C)C3)ncc2C1. The molecule has 1 aromatic rings. The zero-order valence-corrected chi connectivity index (χ0v) is 13.6. The Kier molecular flexibility index (Phi) is 4.89. The summed E-state index contributed by atoms with van der Waals surface area (Å²) >= 11 is 0. The molecule has 116 valence electrons. The third-order valence-electron chi connectivity index (χ3n) is 5.26. The summed E-state index contributed by atoms with van der Waals surface area (Å²) in [5, 5.41) is 3.48. The molecule has 0 saturated heterocycles. The van der Waals surface area contributed by atoms with Gasteiger partial charge >= 0.3 is 0 Å². The fourth-order valence-electron chi connectivity index (χ4n) is 3.99. The van der Waals surface area contributed by atoms with Gasteiger partial charge in [0.2, 0.25) is 0 Å². The highest BCUT2D eigenvalue weighted by Gasteiger charge is 2.25. The van der Waals surface area contributed by atoms with E-state index < -0.39 is 0 Å². The molecule has 0 aliphatic heterocycles. The molecule has 2 aliphatic carbocycles. The smallest absolute Gasteiger partial charge is 0.131 e. The molecule has 3 rings (SSSR count). The Balaban J connectivity index is 1.68. The minimum absolute atomic E-state index is 0.610. The zero-order valence-electron chi connectivity index (χ0n) is 13.6. The van der Waals surface area contributed by atoms with Gasteiger partial charge in [0.1, 0.15) is 5.82 Å². The molecule has 1 aromatic heterocycles. The van der Waals surface area contributed by atoms with Gasteiger partial charge in [0, 0.05) is 17.8 Å². The van der Waals surface area contributed by atoms with E-state index in [2.05, 4.69) is 25.4 Å². The third kappa shape index (κ3) is 3.63. The number of hydrogen-bond acceptors (Lipinski definition) is 3. The Morgan fingerprint density at radius 3 is 3.00 bits per heavy atom. The summed E-state index contributed by atoms with van der Waals surface area (Å²) in [5.41, 5.74) is 2.74. The first-order valence-corrected chi connectivity index (χ1v) is 8.81. The summed E-state index contributed by atoms with van der Waals surface area (Å²) in [6.07, 6.45) is 11.0. The fraction of sp³-hybridized carbons (Fsp3) is 0.778. The molecule has 0 aromatic carbocycles. The number of aromatic nitrogens is 2. The van der Waals surface area contributed by atoms with Gasteiger partial charge in [-0.15, -0.1) is 0 Å². The van der Waals surface area contributed by atoms with Crippen LogP contribution in [0.1, 0.15) is 69.0 Å². The lowest BCUT2D eigenvalue weighted by molar-refractivity contribution is 0.333. The lowest BCUT2D eigenvalue weighted by Crippen LogP contribution is -2.28. The van der Waals surface area contributed by atoms with Crippen molar-refractivity contribution in [1.82, 2.24) is 15.3 Å². The Bertz CT molecular complexity index is 472. The molecule has 1 saturated carbocycles. The van der Waals surface area contributed by atoms with E-state index in [0.29, 0.717) is 5.92 Å². The van der Waals surface area contributed by atoms with Gasteiger partial charge < -0.3 is 5.32 Å². The van der Waals surface area contributed by atoms with E-state index in [1.165, 1.54) is 43.4 Å². The molecule has 2 aliphatic rings. The maximum absolute atomic E-state index is 4.95. The standard InChI is InChI=1S/C18H29N3/c1-3-19-11-14-7-8-17-16(10-14)12-20-18(21-17)15-6-4-5-13(2)9-15/h12-15,19H,3-11H2,1-2H3. The van der Waals surface area contributed by atoms with Crippen molar-refractivity contribution >= 4 is 0 Å². The normalized spacial score (nSPS) is 29.1. The van der Waals surface area contributed by atoms with Crippen LogP contribution in [0.3, 0.4) is 0 Å². The van der Waals surface area contributed by atoms with Gasteiger partial charge in [-0.05, 0) is 62.6 Å². The van der Waals surface area contributed by atoms with Gasteiger partial charge in [-0.25, -0.2) is 9.97 Å². The zero-order chi connectivity index (χ0) is 14.7. The van der Waals surface area contributed by atoms with Crippen LogP contribution in [0.15, 0.2) is 6.20 Å². The summed E-state index contributed by atoms with van der Waals surface area (Å²) in [6.45, 7) is 6.75. The van der Waals surface area contributed by atoms with E-state index in [1.54, 1.807) is 0 Å². The van der Waals surface area contributed by atoms with E-state index in [9.17, 15) is 0 Å². The van der Waals surface area contributed by atoms with Crippen molar-refractivity contribution in [3.05, 3.63) is 23.3 Å². The van der Waals surface area contributed by atoms with Crippen LogP contribution in [0.2, 0.25) is 0 Å². The van der Waals surface area contributed by atoms with Gasteiger partial charge in [0.05, 0.1) is 0 Å². The number of nitrogens with zero attached hydrogens (tertiary/aromatic N) is 2.